The van der Waals surface area contributed by atoms with Crippen molar-refractivity contribution in [1.82, 2.24) is 10.2 Å². The highest BCUT2D eigenvalue weighted by molar-refractivity contribution is 4.81. The van der Waals surface area contributed by atoms with Gasteiger partial charge < -0.3 is 5.32 Å². The van der Waals surface area contributed by atoms with E-state index in [1.807, 2.05) is 0 Å². The van der Waals surface area contributed by atoms with E-state index in [2.05, 4.69) is 23.2 Å². The molecule has 0 aromatic rings. The zero-order chi connectivity index (χ0) is 8.81. The molecule has 0 aliphatic carbocycles. The Kier molecular flexibility index (Phi) is 4.06. The average molecular weight is 167 g/mol. The van der Waals surface area contributed by atoms with Gasteiger partial charge in [0.15, 0.2) is 0 Å². The third kappa shape index (κ3) is 2.80. The predicted octanol–water partition coefficient (Wildman–Crippen LogP) is 0.584. The molecule has 0 bridgehead atoms. The van der Waals surface area contributed by atoms with Crippen molar-refractivity contribution in [3.05, 3.63) is 0 Å². The summed E-state index contributed by atoms with van der Waals surface area (Å²) in [7, 11) is 0. The summed E-state index contributed by atoms with van der Waals surface area (Å²) in [6.07, 6.45) is 1.86. The number of hydrogen-bond donors (Lipinski definition) is 1. The maximum atomic E-state index is 8.55. The van der Waals surface area contributed by atoms with E-state index in [1.54, 1.807) is 0 Å². The van der Waals surface area contributed by atoms with Crippen LogP contribution >= 0.6 is 0 Å². The second-order valence-corrected chi connectivity index (χ2v) is 3.35. The molecule has 1 aliphatic heterocycles. The van der Waals surface area contributed by atoms with Crippen LogP contribution in [0, 0.1) is 11.3 Å². The van der Waals surface area contributed by atoms with Gasteiger partial charge >= 0.3 is 0 Å². The first-order valence-corrected chi connectivity index (χ1v) is 4.66. The minimum absolute atomic E-state index is 0.426. The molecular weight excluding hydrogens is 150 g/mol. The molecule has 3 heteroatoms. The summed E-state index contributed by atoms with van der Waals surface area (Å²) in [5.74, 6) is 0. The standard InChI is InChI=1S/C9H17N3/c1-9(3-4-10)12-7-2-5-11-6-8-12/h9,11H,2-3,5-8H2,1H3. The molecule has 1 unspecified atom stereocenters. The molecule has 0 aromatic carbocycles. The maximum absolute atomic E-state index is 8.55. The van der Waals surface area contributed by atoms with Crippen LogP contribution in [0.2, 0.25) is 0 Å². The van der Waals surface area contributed by atoms with Crippen LogP contribution in [-0.4, -0.2) is 37.1 Å². The zero-order valence-electron chi connectivity index (χ0n) is 7.71. The average Bonchev–Trinajstić information content (AvgIpc) is 2.32. The molecule has 1 fully saturated rings. The molecule has 1 N–H and O–H groups in total. The Balaban J connectivity index is 2.33. The van der Waals surface area contributed by atoms with Crippen molar-refractivity contribution < 1.29 is 0 Å². The van der Waals surface area contributed by atoms with Gasteiger partial charge in [0.1, 0.15) is 0 Å². The largest absolute Gasteiger partial charge is 0.315 e. The summed E-state index contributed by atoms with van der Waals surface area (Å²) >= 11 is 0. The van der Waals surface area contributed by atoms with Gasteiger partial charge in [0.2, 0.25) is 0 Å². The smallest absolute Gasteiger partial charge is 0.0638 e. The predicted molar refractivity (Wildman–Crippen MR) is 48.8 cm³/mol. The number of nitrogens with zero attached hydrogens (tertiary/aromatic N) is 2. The SMILES string of the molecule is CC(CC#N)N1CCCNCC1. The normalized spacial score (nSPS) is 22.7. The lowest BCUT2D eigenvalue weighted by Gasteiger charge is -2.25. The van der Waals surface area contributed by atoms with Crippen LogP contribution in [0.25, 0.3) is 0 Å². The Bertz CT molecular complexity index is 154. The van der Waals surface area contributed by atoms with E-state index < -0.39 is 0 Å². The minimum Gasteiger partial charge on any atom is -0.315 e. The molecule has 3 nitrogen and oxygen atoms in total. The lowest BCUT2D eigenvalue weighted by atomic mass is 10.2. The fraction of sp³-hybridized carbons (Fsp3) is 0.889. The van der Waals surface area contributed by atoms with Crippen molar-refractivity contribution in [2.45, 2.75) is 25.8 Å². The number of nitrogens with one attached hydrogen (secondary N) is 1. The van der Waals surface area contributed by atoms with E-state index in [0.717, 1.165) is 26.2 Å². The van der Waals surface area contributed by atoms with Crippen LogP contribution in [0.1, 0.15) is 19.8 Å². The van der Waals surface area contributed by atoms with E-state index in [9.17, 15) is 0 Å². The van der Waals surface area contributed by atoms with Crippen LogP contribution in [0.5, 0.6) is 0 Å². The van der Waals surface area contributed by atoms with Crippen LogP contribution in [0.15, 0.2) is 0 Å². The van der Waals surface area contributed by atoms with Crippen LogP contribution in [-0.2, 0) is 0 Å². The van der Waals surface area contributed by atoms with Gasteiger partial charge in [-0.2, -0.15) is 5.26 Å². The molecule has 1 rings (SSSR count). The van der Waals surface area contributed by atoms with Crippen molar-refractivity contribution in [3.63, 3.8) is 0 Å². The lowest BCUT2D eigenvalue weighted by Crippen LogP contribution is -2.35. The Morgan fingerprint density at radius 1 is 1.50 bits per heavy atom. The van der Waals surface area contributed by atoms with Crippen LogP contribution in [0.3, 0.4) is 0 Å². The summed E-state index contributed by atoms with van der Waals surface area (Å²) in [4.78, 5) is 2.39. The highest BCUT2D eigenvalue weighted by atomic mass is 15.2. The third-order valence-electron chi connectivity index (χ3n) is 2.38. The lowest BCUT2D eigenvalue weighted by molar-refractivity contribution is 0.225. The Morgan fingerprint density at radius 3 is 3.08 bits per heavy atom. The maximum Gasteiger partial charge on any atom is 0.0638 e. The first-order valence-electron chi connectivity index (χ1n) is 4.66. The van der Waals surface area contributed by atoms with Crippen molar-refractivity contribution in [2.75, 3.05) is 26.2 Å². The monoisotopic (exact) mass is 167 g/mol. The number of rotatable bonds is 2. The van der Waals surface area contributed by atoms with Crippen LogP contribution < -0.4 is 5.32 Å². The molecule has 0 amide bonds. The first kappa shape index (κ1) is 9.50. The van der Waals surface area contributed by atoms with E-state index in [4.69, 9.17) is 5.26 Å². The Hall–Kier alpha value is -0.590. The zero-order valence-corrected chi connectivity index (χ0v) is 7.71. The second-order valence-electron chi connectivity index (χ2n) is 3.35. The topological polar surface area (TPSA) is 39.1 Å². The second kappa shape index (κ2) is 5.13. The van der Waals surface area contributed by atoms with Gasteiger partial charge in [-0.3, -0.25) is 4.90 Å². The molecule has 0 saturated carbocycles. The van der Waals surface area contributed by atoms with Gasteiger partial charge in [-0.1, -0.05) is 0 Å². The quantitative estimate of drug-likeness (QED) is 0.654. The van der Waals surface area contributed by atoms with Crippen molar-refractivity contribution in [2.24, 2.45) is 0 Å². The van der Waals surface area contributed by atoms with E-state index in [1.165, 1.54) is 6.42 Å². The van der Waals surface area contributed by atoms with E-state index in [0.29, 0.717) is 12.5 Å². The summed E-state index contributed by atoms with van der Waals surface area (Å²) < 4.78 is 0. The third-order valence-corrected chi connectivity index (χ3v) is 2.38. The van der Waals surface area contributed by atoms with Crippen molar-refractivity contribution >= 4 is 0 Å². The molecule has 0 aromatic heterocycles. The highest BCUT2D eigenvalue weighted by Crippen LogP contribution is 2.04. The number of hydrogen-bond acceptors (Lipinski definition) is 3. The fourth-order valence-electron chi connectivity index (χ4n) is 1.57. The fourth-order valence-corrected chi connectivity index (χ4v) is 1.57. The Labute approximate surface area is 74.4 Å². The van der Waals surface area contributed by atoms with Crippen molar-refractivity contribution in [1.29, 1.82) is 5.26 Å². The molecule has 1 saturated heterocycles. The van der Waals surface area contributed by atoms with Gasteiger partial charge in [-0.15, -0.1) is 0 Å². The molecule has 1 atom stereocenters. The van der Waals surface area contributed by atoms with Crippen molar-refractivity contribution in [3.8, 4) is 6.07 Å². The summed E-state index contributed by atoms with van der Waals surface area (Å²) in [5, 5.41) is 11.9. The molecule has 1 heterocycles. The summed E-state index contributed by atoms with van der Waals surface area (Å²) in [6.45, 7) is 6.54. The number of nitriles is 1. The summed E-state index contributed by atoms with van der Waals surface area (Å²) in [6, 6.07) is 2.65. The van der Waals surface area contributed by atoms with Gasteiger partial charge in [0.25, 0.3) is 0 Å². The molecule has 68 valence electrons. The molecule has 0 radical (unpaired) electrons. The Morgan fingerprint density at radius 2 is 2.33 bits per heavy atom. The van der Waals surface area contributed by atoms with Gasteiger partial charge in [-0.05, 0) is 26.4 Å². The van der Waals surface area contributed by atoms with Gasteiger partial charge in [0.05, 0.1) is 12.5 Å². The highest BCUT2D eigenvalue weighted by Gasteiger charge is 2.14. The van der Waals surface area contributed by atoms with Gasteiger partial charge in [0, 0.05) is 19.1 Å². The molecule has 1 aliphatic rings. The molecule has 12 heavy (non-hydrogen) atoms. The molecule has 0 spiro atoms. The summed E-state index contributed by atoms with van der Waals surface area (Å²) in [5.41, 5.74) is 0. The van der Waals surface area contributed by atoms with E-state index >= 15 is 0 Å². The first-order chi connectivity index (χ1) is 5.84. The van der Waals surface area contributed by atoms with Crippen LogP contribution in [0.4, 0.5) is 0 Å². The molecular formula is C9H17N3. The van der Waals surface area contributed by atoms with Gasteiger partial charge in [-0.25, -0.2) is 0 Å². The minimum atomic E-state index is 0.426. The van der Waals surface area contributed by atoms with E-state index in [-0.39, 0.29) is 0 Å².